The number of benzene rings is 3. The third kappa shape index (κ3) is 5.36. The molecule has 8 nitrogen and oxygen atoms in total. The van der Waals surface area contributed by atoms with Crippen LogP contribution in [-0.4, -0.2) is 35.9 Å². The van der Waals surface area contributed by atoms with Crippen LogP contribution in [0.2, 0.25) is 0 Å². The van der Waals surface area contributed by atoms with Gasteiger partial charge in [-0.2, -0.15) is 9.78 Å². The maximum absolute atomic E-state index is 12.4. The van der Waals surface area contributed by atoms with Gasteiger partial charge in [0.25, 0.3) is 0 Å². The average molecular weight is 526 g/mol. The van der Waals surface area contributed by atoms with Gasteiger partial charge in [0.05, 0.1) is 25.5 Å². The fourth-order valence-electron chi connectivity index (χ4n) is 4.59. The molecule has 39 heavy (non-hydrogen) atoms. The van der Waals surface area contributed by atoms with Crippen molar-refractivity contribution in [2.75, 3.05) is 19.5 Å². The maximum atomic E-state index is 12.4. The van der Waals surface area contributed by atoms with Crippen LogP contribution in [0.3, 0.4) is 0 Å². The fourth-order valence-corrected chi connectivity index (χ4v) is 4.59. The summed E-state index contributed by atoms with van der Waals surface area (Å²) in [6.45, 7) is 5.38. The van der Waals surface area contributed by atoms with E-state index in [4.69, 9.17) is 19.3 Å². The number of amides is 1. The monoisotopic (exact) mass is 525 g/mol. The number of aryl methyl sites for hydroxylation is 2. The highest BCUT2D eigenvalue weighted by molar-refractivity contribution is 5.95. The normalized spacial score (nSPS) is 12.6. The quantitative estimate of drug-likeness (QED) is 0.279. The van der Waals surface area contributed by atoms with Crippen molar-refractivity contribution in [1.82, 2.24) is 9.78 Å². The minimum absolute atomic E-state index is 0.0367. The molecular formula is C31H31N3O5. The zero-order valence-corrected chi connectivity index (χ0v) is 22.7. The van der Waals surface area contributed by atoms with E-state index in [0.29, 0.717) is 34.0 Å². The molecule has 1 aliphatic carbocycles. The molecule has 5 rings (SSSR count). The van der Waals surface area contributed by atoms with Crippen LogP contribution in [0.1, 0.15) is 30.9 Å². The Morgan fingerprint density at radius 2 is 1.69 bits per heavy atom. The number of carbonyl (C=O) groups excluding carboxylic acids is 2. The smallest absolute Gasteiger partial charge is 0.309 e. The van der Waals surface area contributed by atoms with Gasteiger partial charge in [-0.15, -0.1) is 0 Å². The Morgan fingerprint density at radius 1 is 0.949 bits per heavy atom. The van der Waals surface area contributed by atoms with Crippen LogP contribution in [0.25, 0.3) is 28.1 Å². The number of methoxy groups -OCH3 is 2. The Labute approximate surface area is 227 Å². The molecule has 0 bridgehead atoms. The zero-order valence-electron chi connectivity index (χ0n) is 22.7. The lowest BCUT2D eigenvalue weighted by atomic mass is 10.00. The topological polar surface area (TPSA) is 91.7 Å². The van der Waals surface area contributed by atoms with Crippen molar-refractivity contribution in [3.05, 3.63) is 71.8 Å². The van der Waals surface area contributed by atoms with E-state index in [9.17, 15) is 9.59 Å². The molecule has 1 N–H and O–H groups in total. The number of hydrogen-bond donors (Lipinski definition) is 1. The molecule has 0 spiro atoms. The van der Waals surface area contributed by atoms with Crippen molar-refractivity contribution >= 4 is 17.6 Å². The minimum Gasteiger partial charge on any atom is -0.497 e. The first-order valence-electron chi connectivity index (χ1n) is 12.8. The molecule has 1 aliphatic rings. The van der Waals surface area contributed by atoms with Gasteiger partial charge in [-0.1, -0.05) is 29.8 Å². The van der Waals surface area contributed by atoms with Gasteiger partial charge < -0.3 is 19.5 Å². The van der Waals surface area contributed by atoms with Crippen molar-refractivity contribution in [3.8, 4) is 45.5 Å². The third-order valence-electron chi connectivity index (χ3n) is 6.72. The molecule has 4 aromatic rings. The molecule has 0 aliphatic heterocycles. The molecule has 1 amide bonds. The number of ether oxygens (including phenoxy) is 3. The van der Waals surface area contributed by atoms with Crippen molar-refractivity contribution in [2.24, 2.45) is 5.92 Å². The van der Waals surface area contributed by atoms with E-state index in [1.54, 1.807) is 25.0 Å². The van der Waals surface area contributed by atoms with E-state index in [-0.39, 0.29) is 17.7 Å². The molecule has 0 atom stereocenters. The summed E-state index contributed by atoms with van der Waals surface area (Å²) in [6, 6.07) is 19.0. The van der Waals surface area contributed by atoms with Gasteiger partial charge in [0.15, 0.2) is 0 Å². The predicted molar refractivity (Wildman–Crippen MR) is 150 cm³/mol. The van der Waals surface area contributed by atoms with E-state index in [1.807, 2.05) is 62.4 Å². The van der Waals surface area contributed by atoms with Gasteiger partial charge in [-0.3, -0.25) is 9.59 Å². The number of rotatable bonds is 8. The molecule has 1 heterocycles. The first kappa shape index (κ1) is 26.0. The molecule has 200 valence electrons. The molecule has 3 aromatic carbocycles. The van der Waals surface area contributed by atoms with Gasteiger partial charge in [-0.25, -0.2) is 0 Å². The molecule has 0 saturated heterocycles. The van der Waals surface area contributed by atoms with Crippen LogP contribution < -0.4 is 19.5 Å². The Hall–Kier alpha value is -4.59. The predicted octanol–water partition coefficient (Wildman–Crippen LogP) is 6.11. The van der Waals surface area contributed by atoms with Gasteiger partial charge in [0.2, 0.25) is 11.8 Å². The lowest BCUT2D eigenvalue weighted by molar-refractivity contribution is -0.132. The fraction of sp³-hybridized carbons (Fsp3) is 0.258. The second kappa shape index (κ2) is 10.6. The van der Waals surface area contributed by atoms with Gasteiger partial charge in [0.1, 0.15) is 17.2 Å². The molecule has 0 unspecified atom stereocenters. The third-order valence-corrected chi connectivity index (χ3v) is 6.72. The lowest BCUT2D eigenvalue weighted by Gasteiger charge is -2.12. The second-order valence-electron chi connectivity index (χ2n) is 9.73. The first-order valence-corrected chi connectivity index (χ1v) is 12.8. The zero-order chi connectivity index (χ0) is 27.7. The van der Waals surface area contributed by atoms with Crippen LogP contribution in [-0.2, 0) is 9.59 Å². The van der Waals surface area contributed by atoms with Crippen LogP contribution in [0.5, 0.6) is 17.4 Å². The van der Waals surface area contributed by atoms with E-state index in [1.165, 1.54) is 6.92 Å². The number of anilines is 1. The van der Waals surface area contributed by atoms with Crippen molar-refractivity contribution in [3.63, 3.8) is 0 Å². The molecule has 1 saturated carbocycles. The number of nitrogens with one attached hydrogen (secondary N) is 1. The van der Waals surface area contributed by atoms with Gasteiger partial charge in [-0.05, 0) is 68.1 Å². The largest absolute Gasteiger partial charge is 0.497 e. The summed E-state index contributed by atoms with van der Waals surface area (Å²) in [5.74, 6) is 1.16. The second-order valence-corrected chi connectivity index (χ2v) is 9.73. The molecule has 8 heteroatoms. The van der Waals surface area contributed by atoms with E-state index in [2.05, 4.69) is 11.4 Å². The van der Waals surface area contributed by atoms with Gasteiger partial charge >= 0.3 is 5.97 Å². The standard InChI is InChI=1S/C31H31N3O5/c1-18-6-15-26(19(2)16-18)34-31(39-20(3)35)28(21-9-11-23(12-10-21)32-30(36)22-7-8-22)29(33-34)25-14-13-24(37-4)17-27(25)38-5/h6,9-17,22H,7-8H2,1-5H3,(H,32,36). The summed E-state index contributed by atoms with van der Waals surface area (Å²) < 4.78 is 18.6. The van der Waals surface area contributed by atoms with Crippen LogP contribution >= 0.6 is 0 Å². The highest BCUT2D eigenvalue weighted by atomic mass is 16.5. The number of hydrogen-bond acceptors (Lipinski definition) is 6. The van der Waals surface area contributed by atoms with Crippen LogP contribution in [0.4, 0.5) is 5.69 Å². The molecule has 0 radical (unpaired) electrons. The lowest BCUT2D eigenvalue weighted by Crippen LogP contribution is -2.13. The van der Waals surface area contributed by atoms with Crippen molar-refractivity contribution in [2.45, 2.75) is 33.6 Å². The van der Waals surface area contributed by atoms with Gasteiger partial charge in [0, 0.05) is 30.2 Å². The van der Waals surface area contributed by atoms with E-state index < -0.39 is 5.97 Å². The summed E-state index contributed by atoms with van der Waals surface area (Å²) in [4.78, 5) is 24.6. The summed E-state index contributed by atoms with van der Waals surface area (Å²) in [6.07, 6.45) is 1.86. The summed E-state index contributed by atoms with van der Waals surface area (Å²) in [5.41, 5.74) is 6.23. The maximum Gasteiger partial charge on any atom is 0.309 e. The van der Waals surface area contributed by atoms with E-state index in [0.717, 1.165) is 35.2 Å². The highest BCUT2D eigenvalue weighted by Crippen LogP contribution is 2.45. The van der Waals surface area contributed by atoms with Crippen molar-refractivity contribution in [1.29, 1.82) is 0 Å². The SMILES string of the molecule is COc1ccc(-c2nn(-c3ccc(C)cc3C)c(OC(C)=O)c2-c2ccc(NC(=O)C3CC3)cc2)c(OC)c1. The Morgan fingerprint density at radius 3 is 2.31 bits per heavy atom. The summed E-state index contributed by atoms with van der Waals surface area (Å²) in [7, 11) is 3.18. The Bertz CT molecular complexity index is 1550. The summed E-state index contributed by atoms with van der Waals surface area (Å²) >= 11 is 0. The number of esters is 1. The average Bonchev–Trinajstić information content (AvgIpc) is 3.71. The summed E-state index contributed by atoms with van der Waals surface area (Å²) in [5, 5.41) is 7.96. The van der Waals surface area contributed by atoms with Crippen LogP contribution in [0.15, 0.2) is 60.7 Å². The molecular weight excluding hydrogens is 494 g/mol. The molecule has 1 aromatic heterocycles. The van der Waals surface area contributed by atoms with Crippen molar-refractivity contribution < 1.29 is 23.8 Å². The van der Waals surface area contributed by atoms with E-state index >= 15 is 0 Å². The number of carbonyl (C=O) groups is 2. The first-order chi connectivity index (χ1) is 18.8. The Balaban J connectivity index is 1.73. The number of aromatic nitrogens is 2. The minimum atomic E-state index is -0.469. The number of nitrogens with zero attached hydrogens (tertiary/aromatic N) is 2. The van der Waals surface area contributed by atoms with Crippen LogP contribution in [0, 0.1) is 19.8 Å². The molecule has 1 fully saturated rings. The Kier molecular flexibility index (Phi) is 7.11. The highest BCUT2D eigenvalue weighted by Gasteiger charge is 2.30.